The molecule has 1 aliphatic rings. The molecular weight excluding hydrogens is 445 g/mol. The van der Waals surface area contributed by atoms with E-state index in [0.29, 0.717) is 29.2 Å². The Kier molecular flexibility index (Phi) is 8.33. The fraction of sp³-hybridized carbons (Fsp3) is 0.355. The molecule has 35 heavy (non-hydrogen) atoms. The van der Waals surface area contributed by atoms with Gasteiger partial charge in [0.25, 0.3) is 0 Å². The van der Waals surface area contributed by atoms with E-state index >= 15 is 8.78 Å². The molecular formula is C31H33F3O. The molecule has 3 aromatic carbocycles. The van der Waals surface area contributed by atoms with E-state index in [9.17, 15) is 4.39 Å². The average Bonchev–Trinajstić information content (AvgIpc) is 2.87. The van der Waals surface area contributed by atoms with E-state index in [-0.39, 0.29) is 17.5 Å². The highest BCUT2D eigenvalue weighted by molar-refractivity contribution is 5.65. The van der Waals surface area contributed by atoms with Crippen LogP contribution >= 0.6 is 0 Å². The van der Waals surface area contributed by atoms with Crippen molar-refractivity contribution in [3.05, 3.63) is 94.8 Å². The number of hydrogen-bond acceptors (Lipinski definition) is 1. The highest BCUT2D eigenvalue weighted by atomic mass is 19.2. The number of rotatable bonds is 8. The Bertz CT molecular complexity index is 1160. The van der Waals surface area contributed by atoms with Crippen molar-refractivity contribution in [3.8, 4) is 16.9 Å². The lowest BCUT2D eigenvalue weighted by Crippen LogP contribution is -2.13. The lowest BCUT2D eigenvalue weighted by atomic mass is 9.78. The highest BCUT2D eigenvalue weighted by Crippen LogP contribution is 2.39. The van der Waals surface area contributed by atoms with Gasteiger partial charge in [-0.05, 0) is 85.3 Å². The van der Waals surface area contributed by atoms with Gasteiger partial charge in [0.05, 0.1) is 6.61 Å². The highest BCUT2D eigenvalue weighted by Gasteiger charge is 2.25. The maximum atomic E-state index is 15.1. The summed E-state index contributed by atoms with van der Waals surface area (Å²) in [5.41, 5.74) is 3.48. The van der Waals surface area contributed by atoms with Gasteiger partial charge in [-0.25, -0.2) is 13.2 Å². The van der Waals surface area contributed by atoms with E-state index in [2.05, 4.69) is 13.0 Å². The van der Waals surface area contributed by atoms with E-state index < -0.39 is 11.6 Å². The van der Waals surface area contributed by atoms with Gasteiger partial charge in [-0.1, -0.05) is 68.0 Å². The van der Waals surface area contributed by atoms with Crippen molar-refractivity contribution in [2.75, 3.05) is 6.61 Å². The molecule has 0 amide bonds. The number of benzene rings is 3. The Labute approximate surface area is 206 Å². The molecule has 0 radical (unpaired) electrons. The Morgan fingerprint density at radius 2 is 1.60 bits per heavy atom. The summed E-state index contributed by atoms with van der Waals surface area (Å²) in [6, 6.07) is 16.2. The van der Waals surface area contributed by atoms with Crippen molar-refractivity contribution in [1.82, 2.24) is 0 Å². The van der Waals surface area contributed by atoms with Gasteiger partial charge in [-0.2, -0.15) is 0 Å². The third kappa shape index (κ3) is 5.98. The summed E-state index contributed by atoms with van der Waals surface area (Å²) in [4.78, 5) is 0. The van der Waals surface area contributed by atoms with Crippen molar-refractivity contribution >= 4 is 6.08 Å². The minimum atomic E-state index is -0.759. The van der Waals surface area contributed by atoms with Crippen LogP contribution in [-0.2, 0) is 6.42 Å². The molecule has 0 N–H and O–H groups in total. The van der Waals surface area contributed by atoms with Crippen LogP contribution in [0.15, 0.2) is 60.7 Å². The first-order valence-electron chi connectivity index (χ1n) is 12.7. The minimum Gasteiger partial charge on any atom is -0.491 e. The Morgan fingerprint density at radius 3 is 2.26 bits per heavy atom. The van der Waals surface area contributed by atoms with Gasteiger partial charge in [-0.3, -0.25) is 0 Å². The molecule has 4 rings (SSSR count). The van der Waals surface area contributed by atoms with Crippen molar-refractivity contribution in [3.63, 3.8) is 0 Å². The van der Waals surface area contributed by atoms with Crippen LogP contribution in [0, 0.1) is 23.4 Å². The first-order chi connectivity index (χ1) is 17.0. The lowest BCUT2D eigenvalue weighted by Gasteiger charge is -2.27. The van der Waals surface area contributed by atoms with Gasteiger partial charge in [0.15, 0.2) is 23.2 Å². The molecule has 0 aromatic heterocycles. The zero-order valence-corrected chi connectivity index (χ0v) is 20.5. The van der Waals surface area contributed by atoms with Crippen molar-refractivity contribution in [1.29, 1.82) is 0 Å². The van der Waals surface area contributed by atoms with Crippen LogP contribution in [0.2, 0.25) is 0 Å². The summed E-state index contributed by atoms with van der Waals surface area (Å²) in [5.74, 6) is -1.23. The van der Waals surface area contributed by atoms with Crippen LogP contribution < -0.4 is 4.74 Å². The summed E-state index contributed by atoms with van der Waals surface area (Å²) in [6.45, 7) is 4.37. The van der Waals surface area contributed by atoms with E-state index in [0.717, 1.165) is 44.1 Å². The third-order valence-corrected chi connectivity index (χ3v) is 6.94. The molecule has 4 heteroatoms. The van der Waals surface area contributed by atoms with Crippen molar-refractivity contribution in [2.45, 2.75) is 58.3 Å². The summed E-state index contributed by atoms with van der Waals surface area (Å²) < 4.78 is 49.4. The van der Waals surface area contributed by atoms with Crippen LogP contribution in [0.3, 0.4) is 0 Å². The quantitative estimate of drug-likeness (QED) is 0.314. The lowest BCUT2D eigenvalue weighted by molar-refractivity contribution is 0.321. The number of hydrogen-bond donors (Lipinski definition) is 0. The maximum Gasteiger partial charge on any atom is 0.166 e. The number of aryl methyl sites for hydroxylation is 1. The third-order valence-electron chi connectivity index (χ3n) is 6.94. The SMILES string of the molecule is CCCc1ccc(-c2ccc(C3CCC(C=Cc4ccc(OCC)c(F)c4)CC3)c(F)c2F)cc1. The van der Waals surface area contributed by atoms with Gasteiger partial charge < -0.3 is 4.74 Å². The second-order valence-corrected chi connectivity index (χ2v) is 9.37. The van der Waals surface area contributed by atoms with Gasteiger partial charge in [-0.15, -0.1) is 0 Å². The fourth-order valence-corrected chi connectivity index (χ4v) is 5.01. The van der Waals surface area contributed by atoms with Gasteiger partial charge >= 0.3 is 0 Å². The monoisotopic (exact) mass is 478 g/mol. The molecule has 0 heterocycles. The van der Waals surface area contributed by atoms with E-state index in [1.54, 1.807) is 18.2 Å². The Hall–Kier alpha value is -3.01. The summed E-state index contributed by atoms with van der Waals surface area (Å²) >= 11 is 0. The molecule has 184 valence electrons. The van der Waals surface area contributed by atoms with E-state index in [1.165, 1.54) is 11.6 Å². The molecule has 1 aliphatic carbocycles. The topological polar surface area (TPSA) is 9.23 Å². The van der Waals surface area contributed by atoms with Gasteiger partial charge in [0.1, 0.15) is 0 Å². The van der Waals surface area contributed by atoms with E-state index in [4.69, 9.17) is 4.74 Å². The normalized spacial score (nSPS) is 18.2. The molecule has 1 fully saturated rings. The summed E-state index contributed by atoms with van der Waals surface area (Å²) in [7, 11) is 0. The maximum absolute atomic E-state index is 15.1. The molecule has 0 spiro atoms. The molecule has 0 aliphatic heterocycles. The standard InChI is InChI=1S/C31H33F3O/c1-3-5-21-8-13-24(14-9-21)26-17-18-27(31(34)30(26)33)25-15-10-22(11-16-25)6-7-23-12-19-29(35-4-2)28(32)20-23/h6-9,12-14,17-20,22,25H,3-5,10-11,15-16H2,1-2H3. The van der Waals surface area contributed by atoms with Crippen LogP contribution in [0.4, 0.5) is 13.2 Å². The molecule has 0 bridgehead atoms. The molecule has 0 atom stereocenters. The molecule has 0 unspecified atom stereocenters. The largest absolute Gasteiger partial charge is 0.491 e. The Balaban J connectivity index is 1.39. The van der Waals surface area contributed by atoms with Gasteiger partial charge in [0.2, 0.25) is 0 Å². The molecule has 3 aromatic rings. The van der Waals surface area contributed by atoms with Gasteiger partial charge in [0, 0.05) is 5.56 Å². The van der Waals surface area contributed by atoms with Crippen LogP contribution in [0.1, 0.15) is 68.6 Å². The second-order valence-electron chi connectivity index (χ2n) is 9.37. The molecule has 0 saturated heterocycles. The van der Waals surface area contributed by atoms with Crippen molar-refractivity contribution in [2.24, 2.45) is 5.92 Å². The first kappa shape index (κ1) is 25.1. The Morgan fingerprint density at radius 1 is 0.857 bits per heavy atom. The van der Waals surface area contributed by atoms with E-state index in [1.807, 2.05) is 43.3 Å². The molecule has 1 nitrogen and oxygen atoms in total. The smallest absolute Gasteiger partial charge is 0.166 e. The molecule has 1 saturated carbocycles. The number of allylic oxidation sites excluding steroid dienone is 1. The zero-order chi connectivity index (χ0) is 24.8. The predicted octanol–water partition coefficient (Wildman–Crippen LogP) is 9.11. The van der Waals surface area contributed by atoms with Crippen LogP contribution in [-0.4, -0.2) is 6.61 Å². The minimum absolute atomic E-state index is 0.0121. The predicted molar refractivity (Wildman–Crippen MR) is 137 cm³/mol. The van der Waals surface area contributed by atoms with Crippen LogP contribution in [0.25, 0.3) is 17.2 Å². The van der Waals surface area contributed by atoms with Crippen LogP contribution in [0.5, 0.6) is 5.75 Å². The first-order valence-corrected chi connectivity index (χ1v) is 12.7. The second kappa shape index (κ2) is 11.6. The zero-order valence-electron chi connectivity index (χ0n) is 20.5. The fourth-order valence-electron chi connectivity index (χ4n) is 5.01. The summed E-state index contributed by atoms with van der Waals surface area (Å²) in [5, 5.41) is 0. The number of halogens is 3. The number of ether oxygens (including phenoxy) is 1. The average molecular weight is 479 g/mol. The summed E-state index contributed by atoms with van der Waals surface area (Å²) in [6.07, 6.45) is 9.45. The van der Waals surface area contributed by atoms with Crippen molar-refractivity contribution < 1.29 is 17.9 Å².